The van der Waals surface area contributed by atoms with E-state index in [2.05, 4.69) is 65.9 Å². The largest absolute Gasteiger partial charge is 0.372 e. The minimum Gasteiger partial charge on any atom is -0.372 e. The highest BCUT2D eigenvalue weighted by atomic mass is 16.1. The average molecular weight is 387 g/mol. The number of Topliss-reactive ketones (excluding diaryl/α,β-unsaturated/α-hetero) is 1. The van der Waals surface area contributed by atoms with Crippen molar-refractivity contribution in [1.82, 2.24) is 9.88 Å². The number of nitrogens with zero attached hydrogens (tertiary/aromatic N) is 1. The fourth-order valence-corrected chi connectivity index (χ4v) is 4.59. The van der Waals surface area contributed by atoms with Gasteiger partial charge in [0.15, 0.2) is 5.78 Å². The van der Waals surface area contributed by atoms with Crippen LogP contribution in [0.3, 0.4) is 0 Å². The lowest BCUT2D eigenvalue weighted by Crippen LogP contribution is -2.33. The van der Waals surface area contributed by atoms with Crippen LogP contribution in [0.25, 0.3) is 16.6 Å². The SMILES string of the molecule is C=C(c1cc2c(C(C)=O)c[nH]c2cc1CC)N1CCC(Cc2ccccc2)CC1. The molecule has 1 aliphatic rings. The number of hydrogen-bond donors (Lipinski definition) is 1. The number of carbonyl (C=O) groups is 1. The number of fused-ring (bicyclic) bond motifs is 1. The predicted octanol–water partition coefficient (Wildman–Crippen LogP) is 5.86. The van der Waals surface area contributed by atoms with Gasteiger partial charge in [0, 0.05) is 47.0 Å². The standard InChI is InChI=1S/C26H30N2O/c1-4-22-15-26-24(25(17-27-26)19(3)29)16-23(22)18(2)28-12-10-21(11-13-28)14-20-8-6-5-7-9-20/h5-9,15-17,21,27H,2,4,10-14H2,1,3H3. The number of ketones is 1. The van der Waals surface area contributed by atoms with E-state index in [0.29, 0.717) is 0 Å². The Labute approximate surface area is 173 Å². The fourth-order valence-electron chi connectivity index (χ4n) is 4.59. The average Bonchev–Trinajstić information content (AvgIpc) is 3.17. The molecule has 29 heavy (non-hydrogen) atoms. The lowest BCUT2D eigenvalue weighted by atomic mass is 9.89. The van der Waals surface area contributed by atoms with Crippen molar-refractivity contribution < 1.29 is 4.79 Å². The maximum atomic E-state index is 12.0. The second kappa shape index (κ2) is 8.28. The van der Waals surface area contributed by atoms with E-state index in [1.54, 1.807) is 6.92 Å². The zero-order valence-corrected chi connectivity index (χ0v) is 17.5. The van der Waals surface area contributed by atoms with Gasteiger partial charge < -0.3 is 9.88 Å². The molecule has 150 valence electrons. The molecular weight excluding hydrogens is 356 g/mol. The normalized spacial score (nSPS) is 15.0. The molecule has 3 heteroatoms. The minimum absolute atomic E-state index is 0.0961. The summed E-state index contributed by atoms with van der Waals surface area (Å²) in [5, 5.41) is 1.00. The molecule has 2 heterocycles. The molecule has 3 nitrogen and oxygen atoms in total. The van der Waals surface area contributed by atoms with Crippen LogP contribution >= 0.6 is 0 Å². The number of aromatic amines is 1. The third-order valence-electron chi connectivity index (χ3n) is 6.34. The van der Waals surface area contributed by atoms with Crippen molar-refractivity contribution in [2.75, 3.05) is 13.1 Å². The van der Waals surface area contributed by atoms with E-state index in [4.69, 9.17) is 0 Å². The summed E-state index contributed by atoms with van der Waals surface area (Å²) in [5.41, 5.74) is 6.79. The van der Waals surface area contributed by atoms with Crippen molar-refractivity contribution in [3.63, 3.8) is 0 Å². The molecule has 0 unspecified atom stereocenters. The predicted molar refractivity (Wildman–Crippen MR) is 121 cm³/mol. The highest BCUT2D eigenvalue weighted by Crippen LogP contribution is 2.32. The van der Waals surface area contributed by atoms with Gasteiger partial charge in [-0.3, -0.25) is 4.79 Å². The quantitative estimate of drug-likeness (QED) is 0.539. The molecule has 0 saturated carbocycles. The Hall–Kier alpha value is -2.81. The number of rotatable bonds is 6. The van der Waals surface area contributed by atoms with Crippen LogP contribution in [0.2, 0.25) is 0 Å². The van der Waals surface area contributed by atoms with Gasteiger partial charge in [-0.15, -0.1) is 0 Å². The molecule has 0 radical (unpaired) electrons. The molecule has 1 N–H and O–H groups in total. The number of carbonyl (C=O) groups excluding carboxylic acids is 1. The Bertz CT molecular complexity index is 1020. The summed E-state index contributed by atoms with van der Waals surface area (Å²) >= 11 is 0. The molecule has 1 aromatic heterocycles. The van der Waals surface area contributed by atoms with Gasteiger partial charge in [-0.25, -0.2) is 0 Å². The first-order valence-electron chi connectivity index (χ1n) is 10.7. The highest BCUT2D eigenvalue weighted by molar-refractivity contribution is 6.07. The number of hydrogen-bond acceptors (Lipinski definition) is 2. The smallest absolute Gasteiger partial charge is 0.161 e. The van der Waals surface area contributed by atoms with Crippen molar-refractivity contribution in [2.24, 2.45) is 5.92 Å². The Morgan fingerprint density at radius 3 is 2.52 bits per heavy atom. The van der Waals surface area contributed by atoms with Gasteiger partial charge in [-0.1, -0.05) is 43.8 Å². The van der Waals surface area contributed by atoms with Crippen molar-refractivity contribution in [3.05, 3.63) is 77.5 Å². The number of aryl methyl sites for hydroxylation is 1. The Morgan fingerprint density at radius 2 is 1.86 bits per heavy atom. The lowest BCUT2D eigenvalue weighted by molar-refractivity contribution is 0.101. The molecule has 1 saturated heterocycles. The Kier molecular flexibility index (Phi) is 5.57. The van der Waals surface area contributed by atoms with Gasteiger partial charge in [0.25, 0.3) is 0 Å². The molecule has 0 amide bonds. The molecule has 4 rings (SSSR count). The van der Waals surface area contributed by atoms with Crippen LogP contribution in [0.15, 0.2) is 55.2 Å². The second-order valence-corrected chi connectivity index (χ2v) is 8.23. The van der Waals surface area contributed by atoms with Gasteiger partial charge in [-0.05, 0) is 61.8 Å². The van der Waals surface area contributed by atoms with Crippen molar-refractivity contribution in [2.45, 2.75) is 39.5 Å². The first-order valence-corrected chi connectivity index (χ1v) is 10.7. The van der Waals surface area contributed by atoms with Crippen LogP contribution < -0.4 is 0 Å². The van der Waals surface area contributed by atoms with E-state index < -0.39 is 0 Å². The van der Waals surface area contributed by atoms with Gasteiger partial charge >= 0.3 is 0 Å². The summed E-state index contributed by atoms with van der Waals surface area (Å²) in [6.07, 6.45) is 6.33. The van der Waals surface area contributed by atoms with E-state index in [1.165, 1.54) is 36.0 Å². The van der Waals surface area contributed by atoms with Crippen molar-refractivity contribution in [1.29, 1.82) is 0 Å². The van der Waals surface area contributed by atoms with E-state index in [9.17, 15) is 4.79 Å². The molecule has 1 aliphatic heterocycles. The molecule has 1 fully saturated rings. The van der Waals surface area contributed by atoms with E-state index >= 15 is 0 Å². The molecule has 3 aromatic rings. The summed E-state index contributed by atoms with van der Waals surface area (Å²) in [6, 6.07) is 15.2. The number of likely N-dealkylation sites (tertiary alicyclic amines) is 1. The highest BCUT2D eigenvalue weighted by Gasteiger charge is 2.22. The van der Waals surface area contributed by atoms with E-state index in [-0.39, 0.29) is 5.78 Å². The van der Waals surface area contributed by atoms with Gasteiger partial charge in [0.1, 0.15) is 0 Å². The second-order valence-electron chi connectivity index (χ2n) is 8.23. The zero-order valence-electron chi connectivity index (χ0n) is 17.5. The van der Waals surface area contributed by atoms with E-state index in [0.717, 1.165) is 47.6 Å². The van der Waals surface area contributed by atoms with Gasteiger partial charge in [0.05, 0.1) is 0 Å². The van der Waals surface area contributed by atoms with Crippen molar-refractivity contribution >= 4 is 22.4 Å². The first-order chi connectivity index (χ1) is 14.1. The van der Waals surface area contributed by atoms with Crippen LogP contribution in [-0.2, 0) is 12.8 Å². The summed E-state index contributed by atoms with van der Waals surface area (Å²) < 4.78 is 0. The number of piperidine rings is 1. The maximum absolute atomic E-state index is 12.0. The molecule has 2 aromatic carbocycles. The number of H-pyrrole nitrogens is 1. The molecule has 0 spiro atoms. The fraction of sp³-hybridized carbons (Fsp3) is 0.346. The number of nitrogens with one attached hydrogen (secondary N) is 1. The van der Waals surface area contributed by atoms with E-state index in [1.807, 2.05) is 6.20 Å². The third-order valence-corrected chi connectivity index (χ3v) is 6.34. The summed E-state index contributed by atoms with van der Waals surface area (Å²) in [6.45, 7) is 10.4. The van der Waals surface area contributed by atoms with Gasteiger partial charge in [-0.2, -0.15) is 0 Å². The van der Waals surface area contributed by atoms with Crippen LogP contribution in [0.4, 0.5) is 0 Å². The zero-order chi connectivity index (χ0) is 20.4. The van der Waals surface area contributed by atoms with Crippen LogP contribution in [0.1, 0.15) is 53.7 Å². The number of aromatic nitrogens is 1. The molecule has 0 bridgehead atoms. The monoisotopic (exact) mass is 386 g/mol. The summed E-state index contributed by atoms with van der Waals surface area (Å²) in [7, 11) is 0. The lowest BCUT2D eigenvalue weighted by Gasteiger charge is -2.35. The summed E-state index contributed by atoms with van der Waals surface area (Å²) in [5.74, 6) is 0.836. The summed E-state index contributed by atoms with van der Waals surface area (Å²) in [4.78, 5) is 17.7. The maximum Gasteiger partial charge on any atom is 0.161 e. The Balaban J connectivity index is 1.51. The number of benzene rings is 2. The first kappa shape index (κ1) is 19.5. The topological polar surface area (TPSA) is 36.1 Å². The minimum atomic E-state index is 0.0961. The van der Waals surface area contributed by atoms with Crippen LogP contribution in [-0.4, -0.2) is 28.8 Å². The third kappa shape index (κ3) is 4.00. The Morgan fingerprint density at radius 1 is 1.14 bits per heavy atom. The molecule has 0 aliphatic carbocycles. The van der Waals surface area contributed by atoms with Crippen molar-refractivity contribution in [3.8, 4) is 0 Å². The van der Waals surface area contributed by atoms with Crippen LogP contribution in [0, 0.1) is 5.92 Å². The van der Waals surface area contributed by atoms with Gasteiger partial charge in [0.2, 0.25) is 0 Å². The van der Waals surface area contributed by atoms with Crippen LogP contribution in [0.5, 0.6) is 0 Å². The molecular formula is C26H30N2O. The molecule has 0 atom stereocenters.